The van der Waals surface area contributed by atoms with Gasteiger partial charge in [0.1, 0.15) is 0 Å². The summed E-state index contributed by atoms with van der Waals surface area (Å²) in [5.41, 5.74) is 9.26. The second kappa shape index (κ2) is 5.36. The minimum absolute atomic E-state index is 0.371. The van der Waals surface area contributed by atoms with Crippen LogP contribution in [-0.2, 0) is 6.54 Å². The molecular formula is C16H15FN4. The lowest BCUT2D eigenvalue weighted by Crippen LogP contribution is -2.05. The van der Waals surface area contributed by atoms with Crippen molar-refractivity contribution >= 4 is 22.3 Å². The van der Waals surface area contributed by atoms with Gasteiger partial charge < -0.3 is 11.1 Å². The fourth-order valence-electron chi connectivity index (χ4n) is 2.29. The molecule has 0 spiro atoms. The molecular weight excluding hydrogens is 267 g/mol. The molecule has 21 heavy (non-hydrogen) atoms. The van der Waals surface area contributed by atoms with Gasteiger partial charge >= 0.3 is 0 Å². The van der Waals surface area contributed by atoms with Crippen molar-refractivity contribution in [1.82, 2.24) is 9.97 Å². The fraction of sp³-hybridized carbons (Fsp3) is 0.125. The van der Waals surface area contributed by atoms with Gasteiger partial charge in [-0.3, -0.25) is 9.97 Å². The van der Waals surface area contributed by atoms with Crippen molar-refractivity contribution in [3.8, 4) is 0 Å². The van der Waals surface area contributed by atoms with E-state index < -0.39 is 5.82 Å². The summed E-state index contributed by atoms with van der Waals surface area (Å²) >= 11 is 0. The van der Waals surface area contributed by atoms with Crippen LogP contribution in [0.3, 0.4) is 0 Å². The minimum Gasteiger partial charge on any atom is -0.398 e. The highest BCUT2D eigenvalue weighted by molar-refractivity contribution is 5.98. The molecule has 0 saturated heterocycles. The van der Waals surface area contributed by atoms with Gasteiger partial charge in [-0.15, -0.1) is 0 Å². The number of hydrogen-bond acceptors (Lipinski definition) is 4. The smallest absolute Gasteiger partial charge is 0.150 e. The number of fused-ring (bicyclic) bond motifs is 1. The third-order valence-electron chi connectivity index (χ3n) is 3.47. The van der Waals surface area contributed by atoms with Crippen molar-refractivity contribution < 1.29 is 4.39 Å². The predicted octanol–water partition coefficient (Wildman–Crippen LogP) is 3.27. The molecule has 1 aromatic carbocycles. The summed E-state index contributed by atoms with van der Waals surface area (Å²) in [4.78, 5) is 8.29. The average molecular weight is 282 g/mol. The zero-order chi connectivity index (χ0) is 14.8. The molecule has 0 atom stereocenters. The number of halogens is 1. The van der Waals surface area contributed by atoms with Crippen molar-refractivity contribution in [2.75, 3.05) is 11.1 Å². The van der Waals surface area contributed by atoms with E-state index in [4.69, 9.17) is 5.73 Å². The van der Waals surface area contributed by atoms with E-state index in [1.54, 1.807) is 24.7 Å². The number of nitrogens with two attached hydrogens (primary N) is 1. The summed E-state index contributed by atoms with van der Waals surface area (Å²) in [5.74, 6) is -0.398. The van der Waals surface area contributed by atoms with Crippen LogP contribution in [0.5, 0.6) is 0 Å². The van der Waals surface area contributed by atoms with E-state index in [1.807, 2.05) is 19.1 Å². The number of rotatable bonds is 3. The average Bonchev–Trinajstić information content (AvgIpc) is 2.49. The number of nitrogens with one attached hydrogen (secondary N) is 1. The lowest BCUT2D eigenvalue weighted by atomic mass is 10.1. The van der Waals surface area contributed by atoms with E-state index >= 15 is 0 Å². The second-order valence-corrected chi connectivity index (χ2v) is 4.88. The highest BCUT2D eigenvalue weighted by Gasteiger charge is 2.11. The van der Waals surface area contributed by atoms with Crippen molar-refractivity contribution in [1.29, 1.82) is 0 Å². The molecule has 0 radical (unpaired) electrons. The summed E-state index contributed by atoms with van der Waals surface area (Å²) in [6.45, 7) is 2.47. The molecule has 2 heterocycles. The van der Waals surface area contributed by atoms with Gasteiger partial charge in [-0.2, -0.15) is 0 Å². The Morgan fingerprint density at radius 1 is 1.29 bits per heavy atom. The third-order valence-corrected chi connectivity index (χ3v) is 3.47. The van der Waals surface area contributed by atoms with E-state index in [1.165, 1.54) is 6.07 Å². The van der Waals surface area contributed by atoms with E-state index in [2.05, 4.69) is 15.3 Å². The number of benzene rings is 1. The van der Waals surface area contributed by atoms with Crippen LogP contribution in [0, 0.1) is 12.7 Å². The minimum atomic E-state index is -0.398. The maximum atomic E-state index is 14.2. The van der Waals surface area contributed by atoms with Crippen molar-refractivity contribution in [3.05, 3.63) is 59.8 Å². The second-order valence-electron chi connectivity index (χ2n) is 4.88. The van der Waals surface area contributed by atoms with Crippen LogP contribution in [0.1, 0.15) is 11.1 Å². The molecule has 3 N–H and O–H groups in total. The van der Waals surface area contributed by atoms with E-state index in [9.17, 15) is 4.39 Å². The van der Waals surface area contributed by atoms with Gasteiger partial charge in [-0.1, -0.05) is 0 Å². The lowest BCUT2D eigenvalue weighted by Gasteiger charge is -2.13. The van der Waals surface area contributed by atoms with E-state index in [0.717, 1.165) is 16.5 Å². The largest absolute Gasteiger partial charge is 0.398 e. The number of aryl methyl sites for hydroxylation is 1. The Labute approximate surface area is 121 Å². The lowest BCUT2D eigenvalue weighted by molar-refractivity contribution is 0.632. The van der Waals surface area contributed by atoms with Crippen molar-refractivity contribution in [2.45, 2.75) is 13.5 Å². The first kappa shape index (κ1) is 13.3. The number of pyridine rings is 2. The number of nitrogen functional groups attached to an aromatic ring is 1. The molecule has 2 aromatic heterocycles. The Bertz CT molecular complexity index is 801. The quantitative estimate of drug-likeness (QED) is 0.724. The monoisotopic (exact) mass is 282 g/mol. The summed E-state index contributed by atoms with van der Waals surface area (Å²) in [6.07, 6.45) is 5.14. The van der Waals surface area contributed by atoms with Gasteiger partial charge in [0.25, 0.3) is 0 Å². The Morgan fingerprint density at radius 3 is 2.95 bits per heavy atom. The molecule has 4 nitrogen and oxygen atoms in total. The SMILES string of the molecule is Cc1cnccc1CNc1c(F)cc(N)c2cccnc12. The molecule has 0 unspecified atom stereocenters. The van der Waals surface area contributed by atoms with Crippen LogP contribution in [0.4, 0.5) is 15.8 Å². The highest BCUT2D eigenvalue weighted by Crippen LogP contribution is 2.30. The molecule has 106 valence electrons. The Balaban J connectivity index is 1.99. The molecule has 0 aliphatic heterocycles. The molecule has 0 saturated carbocycles. The van der Waals surface area contributed by atoms with Gasteiger partial charge in [0, 0.05) is 36.2 Å². The standard InChI is InChI=1S/C16H15FN4/c1-10-8-19-6-4-11(10)9-21-16-13(17)7-14(18)12-3-2-5-20-15(12)16/h2-8,21H,9,18H2,1H3. The van der Waals surface area contributed by atoms with Gasteiger partial charge in [0.05, 0.1) is 11.2 Å². The first-order valence-corrected chi connectivity index (χ1v) is 6.63. The van der Waals surface area contributed by atoms with Crippen molar-refractivity contribution in [3.63, 3.8) is 0 Å². The fourth-order valence-corrected chi connectivity index (χ4v) is 2.29. The molecule has 5 heteroatoms. The van der Waals surface area contributed by atoms with Crippen LogP contribution in [0.25, 0.3) is 10.9 Å². The van der Waals surface area contributed by atoms with E-state index in [0.29, 0.717) is 23.4 Å². The maximum absolute atomic E-state index is 14.2. The van der Waals surface area contributed by atoms with Crippen LogP contribution in [0.2, 0.25) is 0 Å². The molecule has 3 aromatic rings. The maximum Gasteiger partial charge on any atom is 0.150 e. The molecule has 0 fully saturated rings. The Morgan fingerprint density at radius 2 is 2.14 bits per heavy atom. The van der Waals surface area contributed by atoms with Gasteiger partial charge in [-0.25, -0.2) is 4.39 Å². The third kappa shape index (κ3) is 2.50. The highest BCUT2D eigenvalue weighted by atomic mass is 19.1. The molecule has 0 amide bonds. The number of hydrogen-bond donors (Lipinski definition) is 2. The van der Waals surface area contributed by atoms with Crippen LogP contribution in [0.15, 0.2) is 42.9 Å². The van der Waals surface area contributed by atoms with Crippen LogP contribution in [-0.4, -0.2) is 9.97 Å². The number of nitrogens with zero attached hydrogens (tertiary/aromatic N) is 2. The zero-order valence-electron chi connectivity index (χ0n) is 11.6. The van der Waals surface area contributed by atoms with Gasteiger partial charge in [0.2, 0.25) is 0 Å². The summed E-state index contributed by atoms with van der Waals surface area (Å²) < 4.78 is 14.2. The summed E-state index contributed by atoms with van der Waals surface area (Å²) in [6, 6.07) is 6.85. The molecule has 0 aliphatic rings. The molecule has 0 bridgehead atoms. The number of aromatic nitrogens is 2. The van der Waals surface area contributed by atoms with Crippen molar-refractivity contribution in [2.24, 2.45) is 0 Å². The molecule has 0 aliphatic carbocycles. The first-order valence-electron chi connectivity index (χ1n) is 6.63. The van der Waals surface area contributed by atoms with Gasteiger partial charge in [0.15, 0.2) is 5.82 Å². The molecule has 3 rings (SSSR count). The summed E-state index contributed by atoms with van der Waals surface area (Å²) in [7, 11) is 0. The van der Waals surface area contributed by atoms with Crippen LogP contribution >= 0.6 is 0 Å². The predicted molar refractivity (Wildman–Crippen MR) is 82.4 cm³/mol. The van der Waals surface area contributed by atoms with E-state index in [-0.39, 0.29) is 0 Å². The first-order chi connectivity index (χ1) is 10.2. The topological polar surface area (TPSA) is 63.8 Å². The Kier molecular flexibility index (Phi) is 3.39. The normalized spacial score (nSPS) is 10.8. The summed E-state index contributed by atoms with van der Waals surface area (Å²) in [5, 5.41) is 3.86. The zero-order valence-corrected chi connectivity index (χ0v) is 11.6. The Hall–Kier alpha value is -2.69. The van der Waals surface area contributed by atoms with Gasteiger partial charge in [-0.05, 0) is 42.3 Å². The van der Waals surface area contributed by atoms with Crippen LogP contribution < -0.4 is 11.1 Å². The number of anilines is 2.